The van der Waals surface area contributed by atoms with Gasteiger partial charge in [-0.05, 0) is 12.0 Å². The van der Waals surface area contributed by atoms with E-state index >= 15 is 0 Å². The molecule has 0 radical (unpaired) electrons. The van der Waals surface area contributed by atoms with Gasteiger partial charge in [-0.25, -0.2) is 13.4 Å². The van der Waals surface area contributed by atoms with E-state index in [1.807, 2.05) is 24.5 Å². The maximum absolute atomic E-state index is 12.3. The van der Waals surface area contributed by atoms with Gasteiger partial charge in [0.05, 0.1) is 30.9 Å². The van der Waals surface area contributed by atoms with Gasteiger partial charge < -0.3 is 9.30 Å². The maximum Gasteiger partial charge on any atom is 0.216 e. The predicted molar refractivity (Wildman–Crippen MR) is 92.1 cm³/mol. The fraction of sp³-hybridized carbons (Fsp3) is 0.471. The molecule has 0 aliphatic carbocycles. The second-order valence-corrected chi connectivity index (χ2v) is 8.05. The van der Waals surface area contributed by atoms with Gasteiger partial charge in [-0.2, -0.15) is 4.31 Å². The third kappa shape index (κ3) is 3.85. The Labute approximate surface area is 143 Å². The second kappa shape index (κ2) is 7.46. The lowest BCUT2D eigenvalue weighted by molar-refractivity contribution is 0.215. The molecule has 0 unspecified atom stereocenters. The molecule has 2 heterocycles. The van der Waals surface area contributed by atoms with Crippen LogP contribution >= 0.6 is 0 Å². The molecular weight excluding hydrogens is 326 g/mol. The normalized spacial score (nSPS) is 15.4. The largest absolute Gasteiger partial charge is 0.384 e. The Morgan fingerprint density at radius 1 is 1.25 bits per heavy atom. The van der Waals surface area contributed by atoms with E-state index in [2.05, 4.69) is 21.7 Å². The first kappa shape index (κ1) is 17.1. The lowest BCUT2D eigenvalue weighted by atomic mass is 10.1. The number of hydrogen-bond donors (Lipinski definition) is 0. The van der Waals surface area contributed by atoms with Gasteiger partial charge in [0.2, 0.25) is 10.0 Å². The van der Waals surface area contributed by atoms with Crippen LogP contribution in [-0.4, -0.2) is 48.3 Å². The summed E-state index contributed by atoms with van der Waals surface area (Å²) in [6.45, 7) is 1.95. The van der Waals surface area contributed by atoms with E-state index in [9.17, 15) is 8.42 Å². The Bertz CT molecular complexity index is 772. The maximum atomic E-state index is 12.3. The van der Waals surface area contributed by atoms with Crippen molar-refractivity contribution in [2.24, 2.45) is 0 Å². The number of imidazole rings is 1. The smallest absolute Gasteiger partial charge is 0.216 e. The van der Waals surface area contributed by atoms with Crippen molar-refractivity contribution >= 4 is 10.0 Å². The molecule has 1 aromatic heterocycles. The molecule has 1 aliphatic rings. The van der Waals surface area contributed by atoms with Gasteiger partial charge in [0.25, 0.3) is 0 Å². The van der Waals surface area contributed by atoms with Crippen molar-refractivity contribution in [1.82, 2.24) is 13.9 Å². The second-order valence-electron chi connectivity index (χ2n) is 5.96. The Hall–Kier alpha value is -1.70. The van der Waals surface area contributed by atoms with Crippen molar-refractivity contribution in [3.05, 3.63) is 53.6 Å². The molecule has 2 aromatic rings. The summed E-state index contributed by atoms with van der Waals surface area (Å²) >= 11 is 0. The molecule has 0 atom stereocenters. The minimum absolute atomic E-state index is 0.0214. The highest BCUT2D eigenvalue weighted by Gasteiger charge is 2.28. The van der Waals surface area contributed by atoms with Crippen LogP contribution in [0.4, 0.5) is 0 Å². The highest BCUT2D eigenvalue weighted by molar-refractivity contribution is 7.89. The van der Waals surface area contributed by atoms with Gasteiger partial charge >= 0.3 is 0 Å². The fourth-order valence-electron chi connectivity index (χ4n) is 2.99. The number of aryl methyl sites for hydroxylation is 2. The third-order valence-electron chi connectivity index (χ3n) is 4.38. The zero-order valence-electron chi connectivity index (χ0n) is 13.9. The van der Waals surface area contributed by atoms with E-state index in [1.54, 1.807) is 0 Å². The summed E-state index contributed by atoms with van der Waals surface area (Å²) in [6.07, 6.45) is 3.48. The van der Waals surface area contributed by atoms with Crippen molar-refractivity contribution in [3.63, 3.8) is 0 Å². The Morgan fingerprint density at radius 3 is 2.79 bits per heavy atom. The van der Waals surface area contributed by atoms with Crippen molar-refractivity contribution in [2.45, 2.75) is 25.9 Å². The van der Waals surface area contributed by atoms with E-state index in [4.69, 9.17) is 4.74 Å². The summed E-state index contributed by atoms with van der Waals surface area (Å²) in [7, 11) is -1.76. The first-order valence-electron chi connectivity index (χ1n) is 8.14. The summed E-state index contributed by atoms with van der Waals surface area (Å²) in [5.74, 6) is 0.0214. The van der Waals surface area contributed by atoms with Crippen LogP contribution in [0.25, 0.3) is 0 Å². The van der Waals surface area contributed by atoms with Gasteiger partial charge in [-0.1, -0.05) is 30.3 Å². The summed E-state index contributed by atoms with van der Waals surface area (Å²) in [5, 5.41) is 0. The molecule has 24 heavy (non-hydrogen) atoms. The number of methoxy groups -OCH3 is 1. The van der Waals surface area contributed by atoms with Gasteiger partial charge in [0, 0.05) is 32.3 Å². The SMILES string of the molecule is COCCS(=O)(=O)N1CCc2c(ncn2CCc2ccccc2)C1. The number of benzene rings is 1. The molecule has 7 heteroatoms. The molecule has 0 spiro atoms. The highest BCUT2D eigenvalue weighted by atomic mass is 32.2. The summed E-state index contributed by atoms with van der Waals surface area (Å²) in [4.78, 5) is 4.44. The average Bonchev–Trinajstić information content (AvgIpc) is 3.01. The number of nitrogens with zero attached hydrogens (tertiary/aromatic N) is 3. The minimum atomic E-state index is -3.28. The average molecular weight is 349 g/mol. The zero-order valence-corrected chi connectivity index (χ0v) is 14.7. The van der Waals surface area contributed by atoms with Crippen LogP contribution in [0.5, 0.6) is 0 Å². The summed E-state index contributed by atoms with van der Waals surface area (Å²) < 4.78 is 33.1. The number of hydrogen-bond acceptors (Lipinski definition) is 4. The highest BCUT2D eigenvalue weighted by Crippen LogP contribution is 2.21. The van der Waals surface area contributed by atoms with Gasteiger partial charge in [-0.3, -0.25) is 0 Å². The molecule has 6 nitrogen and oxygen atoms in total. The fourth-order valence-corrected chi connectivity index (χ4v) is 4.31. The first-order chi connectivity index (χ1) is 11.6. The predicted octanol–water partition coefficient (Wildman–Crippen LogP) is 1.46. The number of aromatic nitrogens is 2. The van der Waals surface area contributed by atoms with Crippen LogP contribution in [0, 0.1) is 0 Å². The minimum Gasteiger partial charge on any atom is -0.384 e. The van der Waals surface area contributed by atoms with Crippen molar-refractivity contribution in [1.29, 1.82) is 0 Å². The molecule has 130 valence electrons. The molecule has 0 fully saturated rings. The topological polar surface area (TPSA) is 64.4 Å². The quantitative estimate of drug-likeness (QED) is 0.759. The molecule has 0 N–H and O–H groups in total. The number of sulfonamides is 1. The molecule has 1 aromatic carbocycles. The standard InChI is InChI=1S/C17H23N3O3S/c1-23-11-12-24(21,22)20-10-8-17-16(13-20)18-14-19(17)9-7-15-5-3-2-4-6-15/h2-6,14H,7-13H2,1H3. The molecule has 0 amide bonds. The number of rotatable bonds is 7. The molecule has 0 bridgehead atoms. The Balaban J connectivity index is 1.66. The van der Waals surface area contributed by atoms with E-state index < -0.39 is 10.0 Å². The monoisotopic (exact) mass is 349 g/mol. The van der Waals surface area contributed by atoms with Crippen LogP contribution < -0.4 is 0 Å². The van der Waals surface area contributed by atoms with Gasteiger partial charge in [-0.15, -0.1) is 0 Å². The van der Waals surface area contributed by atoms with Crippen molar-refractivity contribution < 1.29 is 13.2 Å². The Kier molecular flexibility index (Phi) is 5.33. The van der Waals surface area contributed by atoms with Crippen LogP contribution in [-0.2, 0) is 40.7 Å². The summed E-state index contributed by atoms with van der Waals surface area (Å²) in [5.41, 5.74) is 3.32. The van der Waals surface area contributed by atoms with Crippen LogP contribution in [0.15, 0.2) is 36.7 Å². The van der Waals surface area contributed by atoms with E-state index in [-0.39, 0.29) is 12.4 Å². The third-order valence-corrected chi connectivity index (χ3v) is 6.16. The van der Waals surface area contributed by atoms with Crippen molar-refractivity contribution in [2.75, 3.05) is 26.0 Å². The summed E-state index contributed by atoms with van der Waals surface area (Å²) in [6, 6.07) is 10.3. The van der Waals surface area contributed by atoms with Crippen LogP contribution in [0.3, 0.4) is 0 Å². The van der Waals surface area contributed by atoms with E-state index in [0.29, 0.717) is 19.5 Å². The molecular formula is C17H23N3O3S. The van der Waals surface area contributed by atoms with E-state index in [1.165, 1.54) is 17.0 Å². The van der Waals surface area contributed by atoms with Crippen LogP contribution in [0.2, 0.25) is 0 Å². The molecule has 3 rings (SSSR count). The van der Waals surface area contributed by atoms with Gasteiger partial charge in [0.15, 0.2) is 0 Å². The molecule has 0 saturated carbocycles. The first-order valence-corrected chi connectivity index (χ1v) is 9.74. The number of ether oxygens (including phenoxy) is 1. The lowest BCUT2D eigenvalue weighted by Crippen LogP contribution is -2.38. The van der Waals surface area contributed by atoms with E-state index in [0.717, 1.165) is 24.4 Å². The Morgan fingerprint density at radius 2 is 2.04 bits per heavy atom. The van der Waals surface area contributed by atoms with Gasteiger partial charge in [0.1, 0.15) is 0 Å². The molecule has 0 saturated heterocycles. The zero-order chi connectivity index (χ0) is 17.0. The number of fused-ring (bicyclic) bond motifs is 1. The molecule has 1 aliphatic heterocycles. The van der Waals surface area contributed by atoms with Crippen molar-refractivity contribution in [3.8, 4) is 0 Å². The van der Waals surface area contributed by atoms with Crippen LogP contribution in [0.1, 0.15) is 17.0 Å². The lowest BCUT2D eigenvalue weighted by Gasteiger charge is -2.26.